The number of rotatable bonds is 7. The molecule has 0 saturated heterocycles. The van der Waals surface area contributed by atoms with Crippen LogP contribution < -0.4 is 10.0 Å². The summed E-state index contributed by atoms with van der Waals surface area (Å²) in [5, 5.41) is 2.54. The molecule has 122 valence electrons. The van der Waals surface area contributed by atoms with Gasteiger partial charge < -0.3 is 5.32 Å². The first-order valence-corrected chi connectivity index (χ1v) is 8.66. The number of carbonyl (C=O) groups is 1. The van der Waals surface area contributed by atoms with Crippen molar-refractivity contribution in [1.29, 1.82) is 0 Å². The molecule has 2 aromatic rings. The Bertz CT molecular complexity index is 747. The molecule has 0 radical (unpaired) electrons. The van der Waals surface area contributed by atoms with Crippen LogP contribution in [-0.2, 0) is 21.2 Å². The van der Waals surface area contributed by atoms with Crippen molar-refractivity contribution >= 4 is 21.6 Å². The summed E-state index contributed by atoms with van der Waals surface area (Å²) in [7, 11) is -3.52. The van der Waals surface area contributed by atoms with Crippen LogP contribution >= 0.6 is 0 Å². The Kier molecular flexibility index (Phi) is 5.70. The Hall–Kier alpha value is -2.41. The van der Waals surface area contributed by atoms with E-state index in [4.69, 9.17) is 0 Å². The summed E-state index contributed by atoms with van der Waals surface area (Å²) in [6, 6.07) is 14.1. The zero-order valence-electron chi connectivity index (χ0n) is 12.3. The molecule has 0 heterocycles. The molecule has 0 fully saturated rings. The highest BCUT2D eigenvalue weighted by molar-refractivity contribution is 7.92. The van der Waals surface area contributed by atoms with Gasteiger partial charge >= 0.3 is 0 Å². The van der Waals surface area contributed by atoms with Crippen molar-refractivity contribution in [3.8, 4) is 0 Å². The molecule has 5 nitrogen and oxygen atoms in total. The Labute approximate surface area is 134 Å². The van der Waals surface area contributed by atoms with Gasteiger partial charge in [-0.1, -0.05) is 30.3 Å². The number of anilines is 1. The van der Waals surface area contributed by atoms with Crippen molar-refractivity contribution < 1.29 is 17.6 Å². The number of halogens is 1. The lowest BCUT2D eigenvalue weighted by molar-refractivity contribution is -0.120. The summed E-state index contributed by atoms with van der Waals surface area (Å²) >= 11 is 0. The molecule has 2 aromatic carbocycles. The minimum Gasteiger partial charge on any atom is -0.355 e. The van der Waals surface area contributed by atoms with Gasteiger partial charge in [-0.3, -0.25) is 9.52 Å². The van der Waals surface area contributed by atoms with Gasteiger partial charge in [0.25, 0.3) is 0 Å². The number of hydrogen-bond donors (Lipinski definition) is 2. The molecule has 0 saturated carbocycles. The zero-order valence-corrected chi connectivity index (χ0v) is 13.1. The van der Waals surface area contributed by atoms with Crippen LogP contribution in [0.2, 0.25) is 0 Å². The highest BCUT2D eigenvalue weighted by Crippen LogP contribution is 2.07. The van der Waals surface area contributed by atoms with E-state index in [1.54, 1.807) is 30.3 Å². The summed E-state index contributed by atoms with van der Waals surface area (Å²) in [5.74, 6) is -0.907. The Morgan fingerprint density at radius 2 is 1.65 bits per heavy atom. The van der Waals surface area contributed by atoms with Crippen molar-refractivity contribution in [2.75, 3.05) is 17.0 Å². The van der Waals surface area contributed by atoms with E-state index in [2.05, 4.69) is 10.0 Å². The molecule has 0 unspecified atom stereocenters. The molecule has 2 rings (SSSR count). The number of sulfonamides is 1. The molecule has 0 atom stereocenters. The van der Waals surface area contributed by atoms with E-state index >= 15 is 0 Å². The van der Waals surface area contributed by atoms with Gasteiger partial charge in [0.05, 0.1) is 12.2 Å². The second kappa shape index (κ2) is 7.73. The maximum atomic E-state index is 12.8. The van der Waals surface area contributed by atoms with Gasteiger partial charge in [0.15, 0.2) is 0 Å². The summed E-state index contributed by atoms with van der Waals surface area (Å²) < 4.78 is 38.9. The maximum Gasteiger partial charge on any atom is 0.234 e. The number of carbonyl (C=O) groups excluding carboxylic acids is 1. The summed E-state index contributed by atoms with van der Waals surface area (Å²) in [4.78, 5) is 11.7. The molecule has 1 amide bonds. The van der Waals surface area contributed by atoms with Crippen molar-refractivity contribution in [1.82, 2.24) is 5.32 Å². The van der Waals surface area contributed by atoms with E-state index in [9.17, 15) is 17.6 Å². The summed E-state index contributed by atoms with van der Waals surface area (Å²) in [6.45, 7) is 0.00218. The second-order valence-electron chi connectivity index (χ2n) is 4.94. The molecule has 0 aromatic heterocycles. The Morgan fingerprint density at radius 3 is 2.30 bits per heavy atom. The first-order valence-electron chi connectivity index (χ1n) is 7.01. The number of hydrogen-bond acceptors (Lipinski definition) is 3. The Balaban J connectivity index is 1.77. The smallest absolute Gasteiger partial charge is 0.234 e. The van der Waals surface area contributed by atoms with E-state index in [-0.39, 0.29) is 30.4 Å². The predicted molar refractivity (Wildman–Crippen MR) is 87.0 cm³/mol. The number of amides is 1. The molecule has 0 aliphatic rings. The molecule has 0 aliphatic heterocycles. The summed E-state index contributed by atoms with van der Waals surface area (Å²) in [5.41, 5.74) is 1.14. The fraction of sp³-hybridized carbons (Fsp3) is 0.188. The molecular weight excluding hydrogens is 319 g/mol. The Morgan fingerprint density at radius 1 is 1.00 bits per heavy atom. The highest BCUT2D eigenvalue weighted by atomic mass is 32.2. The normalized spacial score (nSPS) is 11.0. The molecule has 2 N–H and O–H groups in total. The predicted octanol–water partition coefficient (Wildman–Crippen LogP) is 1.93. The van der Waals surface area contributed by atoms with Crippen LogP contribution in [-0.4, -0.2) is 26.6 Å². The quantitative estimate of drug-likeness (QED) is 0.811. The van der Waals surface area contributed by atoms with Crippen LogP contribution in [0.3, 0.4) is 0 Å². The minimum atomic E-state index is -3.52. The lowest BCUT2D eigenvalue weighted by atomic mass is 10.1. The number of benzene rings is 2. The zero-order chi connectivity index (χ0) is 16.7. The second-order valence-corrected chi connectivity index (χ2v) is 6.78. The fourth-order valence-corrected chi connectivity index (χ4v) is 2.88. The summed E-state index contributed by atoms with van der Waals surface area (Å²) in [6.07, 6.45) is 0.0758. The van der Waals surface area contributed by atoms with Gasteiger partial charge in [0.2, 0.25) is 15.9 Å². The first-order chi connectivity index (χ1) is 10.9. The topological polar surface area (TPSA) is 75.3 Å². The third-order valence-electron chi connectivity index (χ3n) is 3.02. The van der Waals surface area contributed by atoms with Crippen LogP contribution in [0.1, 0.15) is 5.56 Å². The molecule has 23 heavy (non-hydrogen) atoms. The molecular formula is C16H17FN2O3S. The van der Waals surface area contributed by atoms with Crippen LogP contribution in [0.4, 0.5) is 10.1 Å². The lowest BCUT2D eigenvalue weighted by Crippen LogP contribution is -2.32. The molecule has 0 aliphatic carbocycles. The van der Waals surface area contributed by atoms with Gasteiger partial charge in [-0.25, -0.2) is 12.8 Å². The molecule has 0 spiro atoms. The third kappa shape index (κ3) is 6.07. The largest absolute Gasteiger partial charge is 0.355 e. The van der Waals surface area contributed by atoms with E-state index in [0.29, 0.717) is 11.3 Å². The molecule has 7 heteroatoms. The average molecular weight is 336 g/mol. The number of nitrogens with one attached hydrogen (secondary N) is 2. The van der Waals surface area contributed by atoms with Crippen molar-refractivity contribution in [2.45, 2.75) is 6.42 Å². The van der Waals surface area contributed by atoms with Crippen molar-refractivity contribution in [2.24, 2.45) is 0 Å². The monoisotopic (exact) mass is 336 g/mol. The molecule has 0 bridgehead atoms. The van der Waals surface area contributed by atoms with Gasteiger partial charge in [0, 0.05) is 12.2 Å². The third-order valence-corrected chi connectivity index (χ3v) is 4.31. The van der Waals surface area contributed by atoms with E-state index < -0.39 is 10.0 Å². The van der Waals surface area contributed by atoms with Crippen molar-refractivity contribution in [3.05, 3.63) is 66.0 Å². The van der Waals surface area contributed by atoms with Crippen LogP contribution in [0.25, 0.3) is 0 Å². The van der Waals surface area contributed by atoms with Gasteiger partial charge in [-0.2, -0.15) is 0 Å². The SMILES string of the molecule is O=C(Cc1ccc(F)cc1)NCCS(=O)(=O)Nc1ccccc1. The van der Waals surface area contributed by atoms with Crippen LogP contribution in [0.15, 0.2) is 54.6 Å². The van der Waals surface area contributed by atoms with Gasteiger partial charge in [-0.15, -0.1) is 0 Å². The standard InChI is InChI=1S/C16H17FN2O3S/c17-14-8-6-13(7-9-14)12-16(20)18-10-11-23(21,22)19-15-4-2-1-3-5-15/h1-9,19H,10-12H2,(H,18,20). The minimum absolute atomic E-state index is 0.00218. The number of para-hydroxylation sites is 1. The van der Waals surface area contributed by atoms with Gasteiger partial charge in [0.1, 0.15) is 5.82 Å². The average Bonchev–Trinajstić information content (AvgIpc) is 2.50. The van der Waals surface area contributed by atoms with Gasteiger partial charge in [-0.05, 0) is 29.8 Å². The van der Waals surface area contributed by atoms with E-state index in [1.165, 1.54) is 24.3 Å². The highest BCUT2D eigenvalue weighted by Gasteiger charge is 2.11. The lowest BCUT2D eigenvalue weighted by Gasteiger charge is -2.09. The van der Waals surface area contributed by atoms with E-state index in [0.717, 1.165) is 0 Å². The van der Waals surface area contributed by atoms with Crippen molar-refractivity contribution in [3.63, 3.8) is 0 Å². The fourth-order valence-electron chi connectivity index (χ4n) is 1.91. The van der Waals surface area contributed by atoms with E-state index in [1.807, 2.05) is 0 Å². The van der Waals surface area contributed by atoms with Crippen LogP contribution in [0.5, 0.6) is 0 Å². The maximum absolute atomic E-state index is 12.8. The van der Waals surface area contributed by atoms with Crippen LogP contribution in [0, 0.1) is 5.82 Å². The first kappa shape index (κ1) is 17.0.